The van der Waals surface area contributed by atoms with E-state index in [0.717, 1.165) is 6.42 Å². The number of para-hydroxylation sites is 3. The van der Waals surface area contributed by atoms with E-state index < -0.39 is 0 Å². The van der Waals surface area contributed by atoms with Crippen molar-refractivity contribution in [3.05, 3.63) is 169 Å². The standard InChI is InChI=1S/C42H30N2/c1-3-13-29(14-4-1)33-17-7-10-20-38(33)44-40-22-12-9-19-35(40)37-28-31(24-26-42(37)44)30-23-25-41-36(27-30)34-18-8-11-21-39(34)43(41)32-15-5-2-6-16-32/h1-19,21-28,38H,20H2. The number of fused-ring (bicyclic) bond motifs is 6. The normalized spacial score (nSPS) is 15.0. The van der Waals surface area contributed by atoms with Crippen molar-refractivity contribution in [2.24, 2.45) is 0 Å². The summed E-state index contributed by atoms with van der Waals surface area (Å²) in [5.74, 6) is 0. The molecule has 1 aliphatic rings. The summed E-state index contributed by atoms with van der Waals surface area (Å²) in [5, 5.41) is 5.15. The van der Waals surface area contributed by atoms with Crippen molar-refractivity contribution in [2.45, 2.75) is 12.5 Å². The van der Waals surface area contributed by atoms with Gasteiger partial charge < -0.3 is 9.13 Å². The summed E-state index contributed by atoms with van der Waals surface area (Å²) in [6, 6.07) is 53.3. The Bertz CT molecular complexity index is 2400. The van der Waals surface area contributed by atoms with Crippen LogP contribution in [0.25, 0.3) is 66.0 Å². The van der Waals surface area contributed by atoms with Gasteiger partial charge in [-0.15, -0.1) is 0 Å². The van der Waals surface area contributed by atoms with E-state index in [4.69, 9.17) is 0 Å². The molecule has 0 N–H and O–H groups in total. The van der Waals surface area contributed by atoms with Gasteiger partial charge in [0.15, 0.2) is 0 Å². The van der Waals surface area contributed by atoms with Crippen LogP contribution in [0.4, 0.5) is 0 Å². The molecular weight excluding hydrogens is 532 g/mol. The van der Waals surface area contributed by atoms with Gasteiger partial charge in [-0.25, -0.2) is 0 Å². The van der Waals surface area contributed by atoms with Crippen molar-refractivity contribution in [2.75, 3.05) is 0 Å². The van der Waals surface area contributed by atoms with Crippen LogP contribution in [0.1, 0.15) is 18.0 Å². The molecule has 2 nitrogen and oxygen atoms in total. The third-order valence-corrected chi connectivity index (χ3v) is 9.28. The van der Waals surface area contributed by atoms with Crippen LogP contribution in [0, 0.1) is 0 Å². The first-order valence-corrected chi connectivity index (χ1v) is 15.4. The van der Waals surface area contributed by atoms with E-state index in [0.29, 0.717) is 0 Å². The lowest BCUT2D eigenvalue weighted by Gasteiger charge is -2.26. The van der Waals surface area contributed by atoms with Gasteiger partial charge in [0.25, 0.3) is 0 Å². The van der Waals surface area contributed by atoms with Crippen LogP contribution in [0.3, 0.4) is 0 Å². The summed E-state index contributed by atoms with van der Waals surface area (Å²) >= 11 is 0. The number of hydrogen-bond acceptors (Lipinski definition) is 0. The largest absolute Gasteiger partial charge is 0.332 e. The lowest BCUT2D eigenvalue weighted by molar-refractivity contribution is 0.665. The highest BCUT2D eigenvalue weighted by Crippen LogP contribution is 2.42. The molecule has 2 heterocycles. The average molecular weight is 563 g/mol. The summed E-state index contributed by atoms with van der Waals surface area (Å²) in [6.07, 6.45) is 7.76. The van der Waals surface area contributed by atoms with Gasteiger partial charge in [-0.05, 0) is 77.2 Å². The van der Waals surface area contributed by atoms with Crippen LogP contribution >= 0.6 is 0 Å². The average Bonchev–Trinajstić information content (AvgIpc) is 3.61. The van der Waals surface area contributed by atoms with Crippen LogP contribution in [0.2, 0.25) is 0 Å². The van der Waals surface area contributed by atoms with Crippen LogP contribution < -0.4 is 0 Å². The summed E-state index contributed by atoms with van der Waals surface area (Å²) in [4.78, 5) is 0. The monoisotopic (exact) mass is 562 g/mol. The molecule has 0 saturated carbocycles. The van der Waals surface area contributed by atoms with Gasteiger partial charge in [-0.3, -0.25) is 0 Å². The van der Waals surface area contributed by atoms with Crippen molar-refractivity contribution in [1.82, 2.24) is 9.13 Å². The molecule has 6 aromatic carbocycles. The Morgan fingerprint density at radius 1 is 0.455 bits per heavy atom. The van der Waals surface area contributed by atoms with Gasteiger partial charge in [-0.2, -0.15) is 0 Å². The summed E-state index contributed by atoms with van der Waals surface area (Å²) < 4.78 is 4.94. The van der Waals surface area contributed by atoms with E-state index in [-0.39, 0.29) is 6.04 Å². The Morgan fingerprint density at radius 3 is 1.75 bits per heavy atom. The molecule has 9 rings (SSSR count). The van der Waals surface area contributed by atoms with E-state index in [1.165, 1.54) is 71.6 Å². The fourth-order valence-electron chi connectivity index (χ4n) is 7.31. The van der Waals surface area contributed by atoms with E-state index >= 15 is 0 Å². The van der Waals surface area contributed by atoms with Gasteiger partial charge in [0.1, 0.15) is 0 Å². The van der Waals surface area contributed by atoms with Crippen molar-refractivity contribution in [1.29, 1.82) is 0 Å². The predicted molar refractivity (Wildman–Crippen MR) is 186 cm³/mol. The van der Waals surface area contributed by atoms with Crippen molar-refractivity contribution in [3.8, 4) is 16.8 Å². The Morgan fingerprint density at radius 2 is 1.00 bits per heavy atom. The fraction of sp³-hybridized carbons (Fsp3) is 0.0476. The molecule has 0 spiro atoms. The molecule has 2 aromatic heterocycles. The minimum absolute atomic E-state index is 0.233. The molecule has 0 radical (unpaired) electrons. The second kappa shape index (κ2) is 10.00. The highest BCUT2D eigenvalue weighted by atomic mass is 15.0. The molecule has 0 aliphatic heterocycles. The molecule has 2 heteroatoms. The third kappa shape index (κ3) is 3.81. The van der Waals surface area contributed by atoms with Crippen LogP contribution in [0.15, 0.2) is 164 Å². The van der Waals surface area contributed by atoms with E-state index in [2.05, 4.69) is 173 Å². The zero-order chi connectivity index (χ0) is 29.0. The topological polar surface area (TPSA) is 9.86 Å². The smallest absolute Gasteiger partial charge is 0.0632 e. The number of aromatic nitrogens is 2. The molecule has 1 unspecified atom stereocenters. The maximum atomic E-state index is 2.56. The zero-order valence-corrected chi connectivity index (χ0v) is 24.3. The van der Waals surface area contributed by atoms with Crippen LogP contribution in [-0.2, 0) is 0 Å². The summed E-state index contributed by atoms with van der Waals surface area (Å²) in [5.41, 5.74) is 11.3. The zero-order valence-electron chi connectivity index (χ0n) is 24.3. The van der Waals surface area contributed by atoms with Gasteiger partial charge >= 0.3 is 0 Å². The highest BCUT2D eigenvalue weighted by molar-refractivity contribution is 6.12. The molecule has 0 fully saturated rings. The Hall–Kier alpha value is -5.60. The molecule has 208 valence electrons. The van der Waals surface area contributed by atoms with E-state index in [1.807, 2.05) is 0 Å². The first kappa shape index (κ1) is 24.9. The SMILES string of the molecule is C1=CCC(n2c3ccccc3c3cc(-c4ccc5c(c4)c4ccccc4n5-c4ccccc4)ccc32)C(c2ccccc2)=C1. The maximum Gasteiger partial charge on any atom is 0.0632 e. The number of rotatable bonds is 4. The third-order valence-electron chi connectivity index (χ3n) is 9.28. The maximum absolute atomic E-state index is 2.56. The number of allylic oxidation sites excluding steroid dienone is 4. The molecular formula is C42H30N2. The molecule has 8 aromatic rings. The van der Waals surface area contributed by atoms with Gasteiger partial charge in [0.2, 0.25) is 0 Å². The van der Waals surface area contributed by atoms with Gasteiger partial charge in [0, 0.05) is 38.3 Å². The Balaban J connectivity index is 1.23. The number of hydrogen-bond donors (Lipinski definition) is 0. The Labute approximate surface area is 256 Å². The van der Waals surface area contributed by atoms with Gasteiger partial charge in [-0.1, -0.05) is 115 Å². The molecule has 1 atom stereocenters. The second-order valence-corrected chi connectivity index (χ2v) is 11.7. The van der Waals surface area contributed by atoms with E-state index in [9.17, 15) is 0 Å². The fourth-order valence-corrected chi connectivity index (χ4v) is 7.31. The van der Waals surface area contributed by atoms with Gasteiger partial charge in [0.05, 0.1) is 17.1 Å². The second-order valence-electron chi connectivity index (χ2n) is 11.7. The van der Waals surface area contributed by atoms with Crippen molar-refractivity contribution < 1.29 is 0 Å². The number of nitrogens with zero attached hydrogens (tertiary/aromatic N) is 2. The lowest BCUT2D eigenvalue weighted by Crippen LogP contribution is -2.12. The van der Waals surface area contributed by atoms with Crippen LogP contribution in [0.5, 0.6) is 0 Å². The minimum atomic E-state index is 0.233. The van der Waals surface area contributed by atoms with Crippen LogP contribution in [-0.4, -0.2) is 9.13 Å². The summed E-state index contributed by atoms with van der Waals surface area (Å²) in [6.45, 7) is 0. The highest BCUT2D eigenvalue weighted by Gasteiger charge is 2.23. The lowest BCUT2D eigenvalue weighted by atomic mass is 9.92. The molecule has 0 amide bonds. The minimum Gasteiger partial charge on any atom is -0.332 e. The molecule has 0 bridgehead atoms. The first-order chi connectivity index (χ1) is 21.8. The molecule has 44 heavy (non-hydrogen) atoms. The molecule has 0 saturated heterocycles. The van der Waals surface area contributed by atoms with E-state index in [1.54, 1.807) is 0 Å². The first-order valence-electron chi connectivity index (χ1n) is 15.4. The quantitative estimate of drug-likeness (QED) is 0.202. The Kier molecular flexibility index (Phi) is 5.67. The molecule has 1 aliphatic carbocycles. The number of benzene rings is 6. The summed E-state index contributed by atoms with van der Waals surface area (Å²) in [7, 11) is 0. The van der Waals surface area contributed by atoms with Crippen molar-refractivity contribution in [3.63, 3.8) is 0 Å². The predicted octanol–water partition coefficient (Wildman–Crippen LogP) is 11.1. The van der Waals surface area contributed by atoms with Crippen molar-refractivity contribution >= 4 is 49.2 Å².